The first-order valence-corrected chi connectivity index (χ1v) is 7.68. The molecule has 1 aromatic heterocycles. The van der Waals surface area contributed by atoms with Gasteiger partial charge in [-0.15, -0.1) is 0 Å². The van der Waals surface area contributed by atoms with Crippen molar-refractivity contribution >= 4 is 33.2 Å². The second kappa shape index (κ2) is 6.66. The van der Waals surface area contributed by atoms with E-state index >= 15 is 0 Å². The van der Waals surface area contributed by atoms with Crippen LogP contribution in [0.3, 0.4) is 0 Å². The van der Waals surface area contributed by atoms with E-state index in [-0.39, 0.29) is 11.4 Å². The van der Waals surface area contributed by atoms with Gasteiger partial charge < -0.3 is 14.6 Å². The molecule has 1 heterocycles. The van der Waals surface area contributed by atoms with Crippen molar-refractivity contribution in [2.24, 2.45) is 0 Å². The number of benzene rings is 2. The van der Waals surface area contributed by atoms with Gasteiger partial charge in [0.2, 0.25) is 5.01 Å². The highest BCUT2D eigenvalue weighted by Gasteiger charge is 2.17. The number of hydrogen-bond acceptors (Lipinski definition) is 5. The Balaban J connectivity index is 1.95. The van der Waals surface area contributed by atoms with Crippen LogP contribution in [0.4, 0.5) is 0 Å². The Hall–Kier alpha value is -2.60. The monoisotopic (exact) mass is 373 g/mol. The number of fused-ring (bicyclic) bond motifs is 1. The predicted octanol–water partition coefficient (Wildman–Crippen LogP) is 4.30. The zero-order valence-electron chi connectivity index (χ0n) is 11.8. The number of carbonyl (C=O) groups excluding carboxylic acids is 1. The minimum atomic E-state index is -0.801. The molecule has 2 aromatic carbocycles. The van der Waals surface area contributed by atoms with Gasteiger partial charge in [0, 0.05) is 17.0 Å². The Morgan fingerprint density at radius 3 is 2.65 bits per heavy atom. The van der Waals surface area contributed by atoms with E-state index < -0.39 is 5.01 Å². The summed E-state index contributed by atoms with van der Waals surface area (Å²) in [6.07, 6.45) is 1.59. The summed E-state index contributed by atoms with van der Waals surface area (Å²) in [4.78, 5) is 14.5. The first kappa shape index (κ1) is 15.3. The average molecular weight is 374 g/mol. The molecule has 0 fully saturated rings. The lowest BCUT2D eigenvalue weighted by Gasteiger charge is -2.12. The normalized spacial score (nSPS) is 11.9. The van der Waals surface area contributed by atoms with E-state index in [0.29, 0.717) is 23.0 Å². The van der Waals surface area contributed by atoms with Crippen LogP contribution in [-0.2, 0) is 9.53 Å². The van der Waals surface area contributed by atoms with Crippen LogP contribution in [0, 0.1) is 0 Å². The van der Waals surface area contributed by atoms with Crippen LogP contribution in [0.25, 0.3) is 10.8 Å². The van der Waals surface area contributed by atoms with E-state index in [4.69, 9.17) is 9.47 Å². The fourth-order valence-electron chi connectivity index (χ4n) is 2.17. The number of nitrogens with zero attached hydrogens (tertiary/aromatic N) is 1. The van der Waals surface area contributed by atoms with Crippen molar-refractivity contribution in [3.63, 3.8) is 0 Å². The van der Waals surface area contributed by atoms with Gasteiger partial charge in [0.25, 0.3) is 6.47 Å². The molecule has 6 heteroatoms. The van der Waals surface area contributed by atoms with Crippen LogP contribution < -0.4 is 4.74 Å². The van der Waals surface area contributed by atoms with Crippen molar-refractivity contribution in [1.29, 1.82) is 0 Å². The van der Waals surface area contributed by atoms with Crippen molar-refractivity contribution < 1.29 is 19.4 Å². The molecule has 3 rings (SSSR count). The Morgan fingerprint density at radius 1 is 1.13 bits per heavy atom. The smallest absolute Gasteiger partial charge is 0.294 e. The molecule has 23 heavy (non-hydrogen) atoms. The molecule has 0 spiro atoms. The molecule has 0 radical (unpaired) electrons. The fourth-order valence-corrected chi connectivity index (χ4v) is 2.59. The molecule has 3 aromatic rings. The zero-order chi connectivity index (χ0) is 16.2. The lowest BCUT2D eigenvalue weighted by molar-refractivity contribution is -0.130. The number of hydrogen-bond donors (Lipinski definition) is 1. The fraction of sp³-hybridized carbons (Fsp3) is 0.0588. The summed E-state index contributed by atoms with van der Waals surface area (Å²) in [5.74, 6) is 1.32. The highest BCUT2D eigenvalue weighted by Crippen LogP contribution is 2.36. The first-order chi connectivity index (χ1) is 11.2. The molecule has 1 unspecified atom stereocenters. The first-order valence-electron chi connectivity index (χ1n) is 6.77. The molecule has 0 bridgehead atoms. The summed E-state index contributed by atoms with van der Waals surface area (Å²) in [6, 6.07) is 14.7. The summed E-state index contributed by atoms with van der Waals surface area (Å²) in [7, 11) is 0. The second-order valence-corrected chi connectivity index (χ2v) is 5.54. The Bertz CT molecular complexity index is 839. The van der Waals surface area contributed by atoms with E-state index in [1.165, 1.54) is 0 Å². The van der Waals surface area contributed by atoms with E-state index in [2.05, 4.69) is 20.9 Å². The van der Waals surface area contributed by atoms with Gasteiger partial charge in [-0.3, -0.25) is 9.78 Å². The van der Waals surface area contributed by atoms with E-state index in [1.54, 1.807) is 24.4 Å². The van der Waals surface area contributed by atoms with Crippen LogP contribution in [-0.4, -0.2) is 16.6 Å². The summed E-state index contributed by atoms with van der Waals surface area (Å²) in [6.45, 7) is 0.293. The molecule has 116 valence electrons. The number of alkyl halides is 1. The minimum Gasteiger partial charge on any atom is -0.505 e. The Kier molecular flexibility index (Phi) is 4.43. The molecule has 0 aliphatic heterocycles. The summed E-state index contributed by atoms with van der Waals surface area (Å²) < 4.78 is 10.5. The van der Waals surface area contributed by atoms with E-state index in [1.807, 2.05) is 30.3 Å². The second-order valence-electron chi connectivity index (χ2n) is 4.70. The number of pyridine rings is 1. The number of aromatic hydroxyl groups is 1. The Morgan fingerprint density at radius 2 is 1.91 bits per heavy atom. The van der Waals surface area contributed by atoms with Crippen molar-refractivity contribution in [3.8, 4) is 17.2 Å². The molecule has 1 atom stereocenters. The number of rotatable bonds is 5. The van der Waals surface area contributed by atoms with E-state index in [9.17, 15) is 9.90 Å². The maximum Gasteiger partial charge on any atom is 0.294 e. The van der Waals surface area contributed by atoms with Crippen molar-refractivity contribution in [2.45, 2.75) is 5.01 Å². The van der Waals surface area contributed by atoms with Crippen LogP contribution in [0.5, 0.6) is 17.2 Å². The third-order valence-corrected chi connectivity index (χ3v) is 3.88. The lowest BCUT2D eigenvalue weighted by atomic mass is 10.1. The highest BCUT2D eigenvalue weighted by molar-refractivity contribution is 9.09. The number of carbonyl (C=O) groups is 1. The molecular weight excluding hydrogens is 362 g/mol. The van der Waals surface area contributed by atoms with Gasteiger partial charge in [-0.1, -0.05) is 18.2 Å². The Labute approximate surface area is 140 Å². The van der Waals surface area contributed by atoms with Gasteiger partial charge in [0.05, 0.1) is 0 Å². The van der Waals surface area contributed by atoms with E-state index in [0.717, 1.165) is 5.75 Å². The molecular formula is C17H12BrNO4. The van der Waals surface area contributed by atoms with Crippen molar-refractivity contribution in [3.05, 3.63) is 60.4 Å². The quantitative estimate of drug-likeness (QED) is 0.533. The van der Waals surface area contributed by atoms with Crippen LogP contribution in [0.1, 0.15) is 10.7 Å². The zero-order valence-corrected chi connectivity index (χ0v) is 13.4. The predicted molar refractivity (Wildman–Crippen MR) is 88.7 cm³/mol. The summed E-state index contributed by atoms with van der Waals surface area (Å²) in [5.41, 5.74) is 0.237. The van der Waals surface area contributed by atoms with Gasteiger partial charge in [0.15, 0.2) is 0 Å². The topological polar surface area (TPSA) is 68.7 Å². The molecule has 1 N–H and O–H groups in total. The molecule has 0 aliphatic carbocycles. The van der Waals surface area contributed by atoms with Gasteiger partial charge in [-0.2, -0.15) is 0 Å². The molecule has 0 amide bonds. The third-order valence-electron chi connectivity index (χ3n) is 3.23. The van der Waals surface area contributed by atoms with Crippen LogP contribution in [0.15, 0.2) is 54.7 Å². The van der Waals surface area contributed by atoms with Crippen LogP contribution in [0.2, 0.25) is 0 Å². The maximum atomic E-state index is 10.4. The highest BCUT2D eigenvalue weighted by atomic mass is 79.9. The van der Waals surface area contributed by atoms with Gasteiger partial charge >= 0.3 is 0 Å². The van der Waals surface area contributed by atoms with Gasteiger partial charge in [-0.25, -0.2) is 0 Å². The number of aromatic nitrogens is 1. The third kappa shape index (κ3) is 3.27. The number of halogens is 1. The van der Waals surface area contributed by atoms with Crippen molar-refractivity contribution in [2.75, 3.05) is 0 Å². The molecule has 0 saturated carbocycles. The van der Waals surface area contributed by atoms with Crippen LogP contribution >= 0.6 is 15.9 Å². The lowest BCUT2D eigenvalue weighted by Crippen LogP contribution is -1.99. The van der Waals surface area contributed by atoms with Gasteiger partial charge in [-0.05, 0) is 46.3 Å². The minimum absolute atomic E-state index is 0.0440. The number of para-hydroxylation sites is 1. The van der Waals surface area contributed by atoms with Gasteiger partial charge in [0.1, 0.15) is 22.9 Å². The molecule has 5 nitrogen and oxygen atoms in total. The molecule has 0 saturated heterocycles. The SMILES string of the molecule is O=COC(Br)c1ncc2cc(Oc3ccccc3)ccc2c1O. The standard InChI is InChI=1S/C17H12BrNO4/c18-17(22-10-20)15-16(21)14-7-6-13(8-11(14)9-19-15)23-12-4-2-1-3-5-12/h1-10,17,21H. The van der Waals surface area contributed by atoms with Crippen molar-refractivity contribution in [1.82, 2.24) is 4.98 Å². The average Bonchev–Trinajstić information content (AvgIpc) is 2.56. The molecule has 0 aliphatic rings. The summed E-state index contributed by atoms with van der Waals surface area (Å²) >= 11 is 3.14. The maximum absolute atomic E-state index is 10.4. The summed E-state index contributed by atoms with van der Waals surface area (Å²) in [5, 5.41) is 10.8. The largest absolute Gasteiger partial charge is 0.505 e. The number of ether oxygens (including phenoxy) is 2.